The van der Waals surface area contributed by atoms with E-state index in [2.05, 4.69) is 41.2 Å². The van der Waals surface area contributed by atoms with E-state index in [9.17, 15) is 0 Å². The van der Waals surface area contributed by atoms with Crippen LogP contribution in [0.2, 0.25) is 0 Å². The number of likely N-dealkylation sites (N-methyl/N-ethyl adjacent to an activating group) is 1. The van der Waals surface area contributed by atoms with Crippen LogP contribution in [-0.2, 0) is 0 Å². The molecule has 2 N–H and O–H groups in total. The maximum atomic E-state index is 4.83. The first kappa shape index (κ1) is 21.5. The van der Waals surface area contributed by atoms with E-state index in [0.29, 0.717) is 6.04 Å². The molecule has 0 spiro atoms. The molecule has 0 amide bonds. The van der Waals surface area contributed by atoms with Crippen LogP contribution in [0, 0.1) is 0 Å². The van der Waals surface area contributed by atoms with Gasteiger partial charge in [-0.2, -0.15) is 0 Å². The summed E-state index contributed by atoms with van der Waals surface area (Å²) < 4.78 is 0. The Hall–Kier alpha value is -0.810. The highest BCUT2D eigenvalue weighted by atomic mass is 15.2. The number of guanidine groups is 1. The van der Waals surface area contributed by atoms with E-state index in [-0.39, 0.29) is 0 Å². The van der Waals surface area contributed by atoms with E-state index in [1.165, 1.54) is 71.0 Å². The van der Waals surface area contributed by atoms with Gasteiger partial charge in [-0.05, 0) is 52.1 Å². The SMILES string of the molecule is CCCN(CC)CCN=C(NCC)NC1CCN(C2CCCCC2)CC1. The van der Waals surface area contributed by atoms with Crippen molar-refractivity contribution in [2.75, 3.05) is 45.8 Å². The van der Waals surface area contributed by atoms with Crippen LogP contribution >= 0.6 is 0 Å². The standard InChI is InChI=1S/C21H43N5/c1-4-15-25(6-3)18-14-23-21(22-5-2)24-19-12-16-26(17-13-19)20-10-8-7-9-11-20/h19-20H,4-18H2,1-3H3,(H2,22,23,24). The minimum absolute atomic E-state index is 0.575. The minimum atomic E-state index is 0.575. The smallest absolute Gasteiger partial charge is 0.191 e. The van der Waals surface area contributed by atoms with Gasteiger partial charge in [-0.1, -0.05) is 33.1 Å². The van der Waals surface area contributed by atoms with Crippen molar-refractivity contribution in [3.63, 3.8) is 0 Å². The summed E-state index contributed by atoms with van der Waals surface area (Å²) in [5.41, 5.74) is 0. The summed E-state index contributed by atoms with van der Waals surface area (Å²) in [7, 11) is 0. The molecule has 5 nitrogen and oxygen atoms in total. The van der Waals surface area contributed by atoms with Gasteiger partial charge in [-0.3, -0.25) is 4.99 Å². The van der Waals surface area contributed by atoms with Crippen LogP contribution in [0.5, 0.6) is 0 Å². The lowest BCUT2D eigenvalue weighted by molar-refractivity contribution is 0.119. The molecule has 0 radical (unpaired) electrons. The lowest BCUT2D eigenvalue weighted by Crippen LogP contribution is -2.51. The van der Waals surface area contributed by atoms with E-state index in [4.69, 9.17) is 4.99 Å². The van der Waals surface area contributed by atoms with Gasteiger partial charge >= 0.3 is 0 Å². The molecule has 152 valence electrons. The van der Waals surface area contributed by atoms with Gasteiger partial charge in [0, 0.05) is 38.3 Å². The molecule has 2 rings (SSSR count). The topological polar surface area (TPSA) is 42.9 Å². The Bertz CT molecular complexity index is 384. The van der Waals surface area contributed by atoms with E-state index in [0.717, 1.165) is 38.2 Å². The molecule has 1 aliphatic heterocycles. The van der Waals surface area contributed by atoms with E-state index < -0.39 is 0 Å². The highest BCUT2D eigenvalue weighted by Crippen LogP contribution is 2.25. The van der Waals surface area contributed by atoms with E-state index in [1.807, 2.05) is 0 Å². The van der Waals surface area contributed by atoms with Crippen molar-refractivity contribution in [3.8, 4) is 0 Å². The fourth-order valence-corrected chi connectivity index (χ4v) is 4.42. The average Bonchev–Trinajstić information content (AvgIpc) is 2.68. The van der Waals surface area contributed by atoms with Crippen molar-refractivity contribution in [3.05, 3.63) is 0 Å². The molecule has 1 aliphatic carbocycles. The third kappa shape index (κ3) is 7.43. The van der Waals surface area contributed by atoms with Gasteiger partial charge in [0.1, 0.15) is 0 Å². The molecule has 0 bridgehead atoms. The fraction of sp³-hybridized carbons (Fsp3) is 0.952. The highest BCUT2D eigenvalue weighted by Gasteiger charge is 2.26. The first-order chi connectivity index (χ1) is 12.8. The van der Waals surface area contributed by atoms with Crippen molar-refractivity contribution in [2.45, 2.75) is 84.2 Å². The Labute approximate surface area is 162 Å². The Morgan fingerprint density at radius 2 is 1.73 bits per heavy atom. The van der Waals surface area contributed by atoms with E-state index >= 15 is 0 Å². The summed E-state index contributed by atoms with van der Waals surface area (Å²) in [5, 5.41) is 7.13. The molecule has 1 saturated heterocycles. The fourth-order valence-electron chi connectivity index (χ4n) is 4.42. The lowest BCUT2D eigenvalue weighted by atomic mass is 9.92. The van der Waals surface area contributed by atoms with Gasteiger partial charge in [0.25, 0.3) is 0 Å². The summed E-state index contributed by atoms with van der Waals surface area (Å²) in [6.07, 6.45) is 10.9. The average molecular weight is 366 g/mol. The summed E-state index contributed by atoms with van der Waals surface area (Å²) in [6.45, 7) is 14.3. The monoisotopic (exact) mass is 365 g/mol. The van der Waals surface area contributed by atoms with Crippen molar-refractivity contribution in [1.82, 2.24) is 20.4 Å². The zero-order chi connectivity index (χ0) is 18.6. The molecule has 1 heterocycles. The van der Waals surface area contributed by atoms with Gasteiger partial charge in [0.15, 0.2) is 5.96 Å². The number of nitrogens with one attached hydrogen (secondary N) is 2. The summed E-state index contributed by atoms with van der Waals surface area (Å²) >= 11 is 0. The number of hydrogen-bond acceptors (Lipinski definition) is 3. The Morgan fingerprint density at radius 1 is 1.00 bits per heavy atom. The van der Waals surface area contributed by atoms with Crippen LogP contribution in [0.4, 0.5) is 0 Å². The molecule has 0 atom stereocenters. The molecular formula is C21H43N5. The van der Waals surface area contributed by atoms with Crippen LogP contribution in [0.1, 0.15) is 72.1 Å². The largest absolute Gasteiger partial charge is 0.357 e. The second kappa shape index (κ2) is 12.6. The van der Waals surface area contributed by atoms with Gasteiger partial charge in [-0.25, -0.2) is 0 Å². The molecular weight excluding hydrogens is 322 g/mol. The summed E-state index contributed by atoms with van der Waals surface area (Å²) in [6, 6.07) is 1.44. The van der Waals surface area contributed by atoms with Crippen LogP contribution < -0.4 is 10.6 Å². The summed E-state index contributed by atoms with van der Waals surface area (Å²) in [4.78, 5) is 10.1. The number of likely N-dealkylation sites (tertiary alicyclic amines) is 1. The Morgan fingerprint density at radius 3 is 2.35 bits per heavy atom. The highest BCUT2D eigenvalue weighted by molar-refractivity contribution is 5.80. The van der Waals surface area contributed by atoms with Gasteiger partial charge in [0.05, 0.1) is 6.54 Å². The number of piperidine rings is 1. The zero-order valence-corrected chi connectivity index (χ0v) is 17.6. The van der Waals surface area contributed by atoms with Crippen LogP contribution in [-0.4, -0.2) is 73.7 Å². The number of nitrogens with zero attached hydrogens (tertiary/aromatic N) is 3. The third-order valence-corrected chi connectivity index (χ3v) is 5.98. The summed E-state index contributed by atoms with van der Waals surface area (Å²) in [5.74, 6) is 1.01. The Balaban J connectivity index is 1.74. The Kier molecular flexibility index (Phi) is 10.4. The molecule has 0 unspecified atom stereocenters. The van der Waals surface area contributed by atoms with Crippen molar-refractivity contribution >= 4 is 5.96 Å². The van der Waals surface area contributed by atoms with Gasteiger partial charge in [0.2, 0.25) is 0 Å². The normalized spacial score (nSPS) is 21.3. The molecule has 0 aromatic carbocycles. The van der Waals surface area contributed by atoms with Crippen molar-refractivity contribution in [1.29, 1.82) is 0 Å². The predicted molar refractivity (Wildman–Crippen MR) is 113 cm³/mol. The van der Waals surface area contributed by atoms with Gasteiger partial charge < -0.3 is 20.4 Å². The molecule has 5 heteroatoms. The van der Waals surface area contributed by atoms with Crippen molar-refractivity contribution in [2.24, 2.45) is 4.99 Å². The van der Waals surface area contributed by atoms with Crippen molar-refractivity contribution < 1.29 is 0 Å². The van der Waals surface area contributed by atoms with Gasteiger partial charge in [-0.15, -0.1) is 0 Å². The third-order valence-electron chi connectivity index (χ3n) is 5.98. The first-order valence-corrected chi connectivity index (χ1v) is 11.3. The maximum absolute atomic E-state index is 4.83. The number of hydrogen-bond donors (Lipinski definition) is 2. The molecule has 2 aliphatic rings. The molecule has 26 heavy (non-hydrogen) atoms. The van der Waals surface area contributed by atoms with Crippen LogP contribution in [0.3, 0.4) is 0 Å². The van der Waals surface area contributed by atoms with E-state index in [1.54, 1.807) is 0 Å². The second-order valence-corrected chi connectivity index (χ2v) is 7.94. The lowest BCUT2D eigenvalue weighted by Gasteiger charge is -2.39. The first-order valence-electron chi connectivity index (χ1n) is 11.3. The quantitative estimate of drug-likeness (QED) is 0.487. The second-order valence-electron chi connectivity index (χ2n) is 7.94. The maximum Gasteiger partial charge on any atom is 0.191 e. The zero-order valence-electron chi connectivity index (χ0n) is 17.6. The van der Waals surface area contributed by atoms with Crippen LogP contribution in [0.25, 0.3) is 0 Å². The number of rotatable bonds is 9. The molecule has 2 fully saturated rings. The molecule has 0 aromatic heterocycles. The van der Waals surface area contributed by atoms with Crippen LogP contribution in [0.15, 0.2) is 4.99 Å². The predicted octanol–water partition coefficient (Wildman–Crippen LogP) is 3.07. The minimum Gasteiger partial charge on any atom is -0.357 e. The number of aliphatic imine (C=N–C) groups is 1. The molecule has 1 saturated carbocycles. The molecule has 0 aromatic rings.